The second-order valence-corrected chi connectivity index (χ2v) is 7.81. The lowest BCUT2D eigenvalue weighted by Crippen LogP contribution is -2.13. The molecule has 0 fully saturated rings. The molecule has 1 amide bonds. The zero-order chi connectivity index (χ0) is 25.8. The minimum absolute atomic E-state index is 0.0381. The summed E-state index contributed by atoms with van der Waals surface area (Å²) < 4.78 is 32.8. The maximum Gasteiger partial charge on any atom is 0.292 e. The van der Waals surface area contributed by atoms with Crippen molar-refractivity contribution in [3.63, 3.8) is 0 Å². The topological polar surface area (TPSA) is 114 Å². The molecular weight excluding hydrogens is 490 g/mol. The number of carbonyl (C=O) groups excluding carboxylic acids is 1. The van der Waals surface area contributed by atoms with E-state index in [4.69, 9.17) is 39.7 Å². The highest BCUT2D eigenvalue weighted by atomic mass is 35.5. The van der Waals surface area contributed by atoms with Crippen molar-refractivity contribution in [3.8, 4) is 28.7 Å². The molecule has 11 heteroatoms. The Balaban J connectivity index is 1.62. The predicted molar refractivity (Wildman–Crippen MR) is 133 cm³/mol. The Kier molecular flexibility index (Phi) is 7.35. The Hall–Kier alpha value is -4.18. The van der Waals surface area contributed by atoms with Crippen LogP contribution in [-0.2, 0) is 6.42 Å². The molecule has 0 radical (unpaired) electrons. The molecule has 0 saturated heterocycles. The first-order valence-electron chi connectivity index (χ1n) is 10.7. The van der Waals surface area contributed by atoms with Crippen LogP contribution in [-0.4, -0.2) is 51.4 Å². The van der Waals surface area contributed by atoms with E-state index in [1.807, 2.05) is 0 Å². The highest BCUT2D eigenvalue weighted by Crippen LogP contribution is 2.37. The number of methoxy groups -OCH3 is 5. The Morgan fingerprint density at radius 3 is 2.11 bits per heavy atom. The summed E-state index contributed by atoms with van der Waals surface area (Å²) in [5.74, 6) is 2.95. The number of rotatable bonds is 9. The summed E-state index contributed by atoms with van der Waals surface area (Å²) in [6.45, 7) is 0. The molecular formula is C25H24ClN3O7. The normalized spacial score (nSPS) is 10.7. The number of furan rings is 1. The first-order chi connectivity index (χ1) is 17.4. The van der Waals surface area contributed by atoms with Crippen molar-refractivity contribution in [1.82, 2.24) is 9.97 Å². The maximum absolute atomic E-state index is 13.0. The van der Waals surface area contributed by atoms with E-state index in [9.17, 15) is 4.79 Å². The third kappa shape index (κ3) is 4.94. The summed E-state index contributed by atoms with van der Waals surface area (Å²) in [5, 5.41) is 3.22. The van der Waals surface area contributed by atoms with Gasteiger partial charge in [0.15, 0.2) is 17.3 Å². The fraction of sp³-hybridized carbons (Fsp3) is 0.240. The molecule has 2 heterocycles. The van der Waals surface area contributed by atoms with Gasteiger partial charge in [0.25, 0.3) is 5.91 Å². The third-order valence-electron chi connectivity index (χ3n) is 5.46. The van der Waals surface area contributed by atoms with E-state index in [0.717, 1.165) is 5.56 Å². The number of hydrogen-bond donors (Lipinski definition) is 1. The van der Waals surface area contributed by atoms with Crippen molar-refractivity contribution in [3.05, 3.63) is 58.8 Å². The summed E-state index contributed by atoms with van der Waals surface area (Å²) >= 11 is 6.09. The van der Waals surface area contributed by atoms with Gasteiger partial charge in [0.2, 0.25) is 5.28 Å². The SMILES string of the molecule is COc1cc(OC)c(Cc2ccc(C(=O)Nc3nc(Cl)nc4cc(OC)c(OC)cc34)o2)c(OC)c1. The summed E-state index contributed by atoms with van der Waals surface area (Å²) in [5.41, 5.74) is 1.22. The minimum atomic E-state index is -0.513. The first-order valence-corrected chi connectivity index (χ1v) is 11.1. The minimum Gasteiger partial charge on any atom is -0.496 e. The second kappa shape index (κ2) is 10.6. The van der Waals surface area contributed by atoms with E-state index >= 15 is 0 Å². The summed E-state index contributed by atoms with van der Waals surface area (Å²) in [4.78, 5) is 21.4. The van der Waals surface area contributed by atoms with E-state index in [0.29, 0.717) is 51.8 Å². The van der Waals surface area contributed by atoms with Crippen molar-refractivity contribution in [2.45, 2.75) is 6.42 Å². The molecule has 0 atom stereocenters. The monoisotopic (exact) mass is 513 g/mol. The number of amides is 1. The number of aromatic nitrogens is 2. The molecule has 0 aliphatic rings. The highest BCUT2D eigenvalue weighted by molar-refractivity contribution is 6.29. The van der Waals surface area contributed by atoms with Gasteiger partial charge in [-0.05, 0) is 29.8 Å². The molecule has 0 bridgehead atoms. The number of nitrogens with zero attached hydrogens (tertiary/aromatic N) is 2. The molecule has 10 nitrogen and oxygen atoms in total. The van der Waals surface area contributed by atoms with Crippen molar-refractivity contribution in [2.24, 2.45) is 0 Å². The lowest BCUT2D eigenvalue weighted by molar-refractivity contribution is 0.0995. The van der Waals surface area contributed by atoms with Gasteiger partial charge in [-0.25, -0.2) is 4.98 Å². The average molecular weight is 514 g/mol. The standard InChI is InChI=1S/C25H24ClN3O7/c1-31-14-9-19(32-2)16(20(10-14)33-3)8-13-6-7-18(36-13)24(30)28-23-15-11-21(34-4)22(35-5)12-17(15)27-25(26)29-23/h6-7,9-12H,8H2,1-5H3,(H,27,28,29,30). The van der Waals surface area contributed by atoms with E-state index in [1.165, 1.54) is 14.2 Å². The lowest BCUT2D eigenvalue weighted by Gasteiger charge is -2.14. The van der Waals surface area contributed by atoms with Gasteiger partial charge in [-0.1, -0.05) is 0 Å². The average Bonchev–Trinajstić information content (AvgIpc) is 3.36. The molecule has 0 aliphatic heterocycles. The molecule has 0 aliphatic carbocycles. The molecule has 4 aromatic rings. The van der Waals surface area contributed by atoms with Crippen LogP contribution in [0.15, 0.2) is 40.8 Å². The quantitative estimate of drug-likeness (QED) is 0.316. The number of ether oxygens (including phenoxy) is 5. The molecule has 1 N–H and O–H groups in total. The Morgan fingerprint density at radius 1 is 0.861 bits per heavy atom. The zero-order valence-electron chi connectivity index (χ0n) is 20.3. The van der Waals surface area contributed by atoms with Gasteiger partial charge in [-0.15, -0.1) is 0 Å². The van der Waals surface area contributed by atoms with Crippen LogP contribution in [0.1, 0.15) is 21.9 Å². The van der Waals surface area contributed by atoms with Gasteiger partial charge in [-0.2, -0.15) is 4.98 Å². The maximum atomic E-state index is 13.0. The van der Waals surface area contributed by atoms with Crippen molar-refractivity contribution >= 4 is 34.2 Å². The van der Waals surface area contributed by atoms with E-state index in [-0.39, 0.29) is 16.9 Å². The van der Waals surface area contributed by atoms with Crippen molar-refractivity contribution in [2.75, 3.05) is 40.9 Å². The van der Waals surface area contributed by atoms with Gasteiger partial charge < -0.3 is 33.4 Å². The molecule has 0 saturated carbocycles. The Bertz CT molecular complexity index is 1400. The summed E-state index contributed by atoms with van der Waals surface area (Å²) in [6, 6.07) is 10.1. The number of anilines is 1. The van der Waals surface area contributed by atoms with E-state index < -0.39 is 5.91 Å². The Morgan fingerprint density at radius 2 is 1.50 bits per heavy atom. The van der Waals surface area contributed by atoms with Gasteiger partial charge >= 0.3 is 0 Å². The highest BCUT2D eigenvalue weighted by Gasteiger charge is 2.20. The largest absolute Gasteiger partial charge is 0.496 e. The van der Waals surface area contributed by atoms with E-state index in [2.05, 4.69) is 15.3 Å². The van der Waals surface area contributed by atoms with E-state index in [1.54, 1.807) is 57.7 Å². The first kappa shape index (κ1) is 24.9. The van der Waals surface area contributed by atoms with Crippen molar-refractivity contribution < 1.29 is 32.9 Å². The Labute approximate surface area is 212 Å². The van der Waals surface area contributed by atoms with Gasteiger partial charge in [-0.3, -0.25) is 4.79 Å². The van der Waals surface area contributed by atoms with Gasteiger partial charge in [0.1, 0.15) is 28.8 Å². The van der Waals surface area contributed by atoms with Crippen molar-refractivity contribution in [1.29, 1.82) is 0 Å². The molecule has 2 aromatic carbocycles. The number of hydrogen-bond acceptors (Lipinski definition) is 9. The molecule has 2 aromatic heterocycles. The third-order valence-corrected chi connectivity index (χ3v) is 5.63. The van der Waals surface area contributed by atoms with Crippen LogP contribution in [0, 0.1) is 0 Å². The van der Waals surface area contributed by atoms with Gasteiger partial charge in [0, 0.05) is 35.6 Å². The molecule has 188 valence electrons. The van der Waals surface area contributed by atoms with Crippen LogP contribution in [0.2, 0.25) is 5.28 Å². The number of nitrogens with one attached hydrogen (secondary N) is 1. The number of halogens is 1. The number of carbonyl (C=O) groups is 1. The molecule has 0 spiro atoms. The van der Waals surface area contributed by atoms with Crippen LogP contribution >= 0.6 is 11.6 Å². The lowest BCUT2D eigenvalue weighted by atomic mass is 10.1. The molecule has 4 rings (SSSR count). The van der Waals surface area contributed by atoms with Gasteiger partial charge in [0.05, 0.1) is 41.1 Å². The van der Waals surface area contributed by atoms with Crippen LogP contribution in [0.25, 0.3) is 10.9 Å². The molecule has 36 heavy (non-hydrogen) atoms. The van der Waals surface area contributed by atoms with Crippen LogP contribution < -0.4 is 29.0 Å². The second-order valence-electron chi connectivity index (χ2n) is 7.47. The molecule has 0 unspecified atom stereocenters. The predicted octanol–water partition coefficient (Wildman–Crippen LogP) is 4.76. The fourth-order valence-corrected chi connectivity index (χ4v) is 3.89. The smallest absolute Gasteiger partial charge is 0.292 e. The van der Waals surface area contributed by atoms with Crippen LogP contribution in [0.3, 0.4) is 0 Å². The van der Waals surface area contributed by atoms with Crippen LogP contribution in [0.4, 0.5) is 5.82 Å². The summed E-state index contributed by atoms with van der Waals surface area (Å²) in [7, 11) is 7.70. The fourth-order valence-electron chi connectivity index (χ4n) is 3.71. The zero-order valence-corrected chi connectivity index (χ0v) is 21.1. The number of benzene rings is 2. The van der Waals surface area contributed by atoms with Crippen LogP contribution in [0.5, 0.6) is 28.7 Å². The summed E-state index contributed by atoms with van der Waals surface area (Å²) in [6.07, 6.45) is 0.322. The number of fused-ring (bicyclic) bond motifs is 1.